The Balaban J connectivity index is 2.12. The van der Waals surface area contributed by atoms with Gasteiger partial charge in [0.1, 0.15) is 4.90 Å². The van der Waals surface area contributed by atoms with Crippen LogP contribution in [0.3, 0.4) is 0 Å². The molecule has 0 aromatic carbocycles. The molecule has 0 radical (unpaired) electrons. The largest absolute Gasteiger partial charge is 0.281 e. The second kappa shape index (κ2) is 5.63. The number of H-pyrrole nitrogens is 1. The molecule has 5 nitrogen and oxygen atoms in total. The number of aromatic nitrogens is 2. The molecule has 108 valence electrons. The lowest BCUT2D eigenvalue weighted by molar-refractivity contribution is 0.233. The third kappa shape index (κ3) is 2.84. The maximum Gasteiger partial charge on any atom is 0.246 e. The van der Waals surface area contributed by atoms with Gasteiger partial charge in [0.05, 0.1) is 11.9 Å². The van der Waals surface area contributed by atoms with Crippen molar-refractivity contribution < 1.29 is 8.42 Å². The quantitative estimate of drug-likeness (QED) is 0.923. The molecule has 0 atom stereocenters. The molecule has 1 heterocycles. The molecule has 1 aliphatic carbocycles. The number of sulfonamides is 1. The van der Waals surface area contributed by atoms with Gasteiger partial charge in [-0.3, -0.25) is 5.10 Å². The summed E-state index contributed by atoms with van der Waals surface area (Å²) >= 11 is 0. The second-order valence-corrected chi connectivity index (χ2v) is 7.43. The number of aryl methyl sites for hydroxylation is 1. The van der Waals surface area contributed by atoms with E-state index in [1.54, 1.807) is 14.0 Å². The summed E-state index contributed by atoms with van der Waals surface area (Å²) in [5.74, 6) is 0.767. The van der Waals surface area contributed by atoms with E-state index in [2.05, 4.69) is 17.1 Å². The first-order valence-corrected chi connectivity index (χ1v) is 8.38. The van der Waals surface area contributed by atoms with E-state index in [1.165, 1.54) is 16.9 Å². The van der Waals surface area contributed by atoms with Crippen molar-refractivity contribution in [1.82, 2.24) is 14.5 Å². The smallest absolute Gasteiger partial charge is 0.246 e. The minimum absolute atomic E-state index is 0.127. The minimum Gasteiger partial charge on any atom is -0.281 e. The van der Waals surface area contributed by atoms with Gasteiger partial charge in [-0.15, -0.1) is 0 Å². The van der Waals surface area contributed by atoms with Crippen molar-refractivity contribution in [3.63, 3.8) is 0 Å². The van der Waals surface area contributed by atoms with Crippen molar-refractivity contribution in [1.29, 1.82) is 0 Å². The molecule has 1 N–H and O–H groups in total. The van der Waals surface area contributed by atoms with E-state index >= 15 is 0 Å². The number of rotatable bonds is 4. The third-order valence-electron chi connectivity index (χ3n) is 4.35. The minimum atomic E-state index is -3.41. The molecular weight excluding hydrogens is 262 g/mol. The maximum absolute atomic E-state index is 12.5. The molecule has 0 unspecified atom stereocenters. The van der Waals surface area contributed by atoms with Gasteiger partial charge in [0.15, 0.2) is 0 Å². The van der Waals surface area contributed by atoms with E-state index in [1.807, 2.05) is 0 Å². The number of aromatic amines is 1. The van der Waals surface area contributed by atoms with E-state index < -0.39 is 10.0 Å². The Morgan fingerprint density at radius 3 is 2.47 bits per heavy atom. The van der Waals surface area contributed by atoms with Crippen molar-refractivity contribution in [3.05, 3.63) is 11.9 Å². The lowest BCUT2D eigenvalue weighted by Crippen LogP contribution is -2.39. The Morgan fingerprint density at radius 1 is 1.37 bits per heavy atom. The van der Waals surface area contributed by atoms with Crippen molar-refractivity contribution in [2.45, 2.75) is 56.9 Å². The van der Waals surface area contributed by atoms with Crippen LogP contribution in [0.25, 0.3) is 0 Å². The van der Waals surface area contributed by atoms with Gasteiger partial charge < -0.3 is 0 Å². The van der Waals surface area contributed by atoms with Gasteiger partial charge in [0, 0.05) is 13.1 Å². The zero-order valence-electron chi connectivity index (χ0n) is 11.9. The van der Waals surface area contributed by atoms with Crippen LogP contribution >= 0.6 is 0 Å². The maximum atomic E-state index is 12.5. The molecule has 1 aromatic rings. The zero-order valence-corrected chi connectivity index (χ0v) is 12.7. The van der Waals surface area contributed by atoms with Crippen LogP contribution < -0.4 is 0 Å². The van der Waals surface area contributed by atoms with Gasteiger partial charge in [-0.25, -0.2) is 8.42 Å². The highest BCUT2D eigenvalue weighted by atomic mass is 32.2. The zero-order chi connectivity index (χ0) is 14.0. The molecule has 19 heavy (non-hydrogen) atoms. The summed E-state index contributed by atoms with van der Waals surface area (Å²) in [6.45, 7) is 3.95. The number of nitrogens with one attached hydrogen (secondary N) is 1. The number of hydrogen-bond acceptors (Lipinski definition) is 3. The van der Waals surface area contributed by atoms with Gasteiger partial charge in [0.2, 0.25) is 10.0 Å². The average Bonchev–Trinajstić information content (AvgIpc) is 2.85. The lowest BCUT2D eigenvalue weighted by atomic mass is 9.85. The Morgan fingerprint density at radius 2 is 2.00 bits per heavy atom. The summed E-state index contributed by atoms with van der Waals surface area (Å²) in [6, 6.07) is 0.127. The van der Waals surface area contributed by atoms with Gasteiger partial charge in [-0.1, -0.05) is 13.3 Å². The van der Waals surface area contributed by atoms with Gasteiger partial charge in [0.25, 0.3) is 0 Å². The highest BCUT2D eigenvalue weighted by Crippen LogP contribution is 2.31. The molecular formula is C13H23N3O2S. The Hall–Kier alpha value is -0.880. The fourth-order valence-electron chi connectivity index (χ4n) is 2.87. The summed E-state index contributed by atoms with van der Waals surface area (Å²) in [5.41, 5.74) is 0.606. The van der Waals surface area contributed by atoms with Gasteiger partial charge in [-0.2, -0.15) is 9.40 Å². The summed E-state index contributed by atoms with van der Waals surface area (Å²) in [7, 11) is -1.72. The molecule has 0 amide bonds. The normalized spacial score (nSPS) is 24.8. The average molecular weight is 285 g/mol. The van der Waals surface area contributed by atoms with Gasteiger partial charge in [-0.05, 0) is 38.5 Å². The van der Waals surface area contributed by atoms with Crippen LogP contribution in [0.4, 0.5) is 0 Å². The highest BCUT2D eigenvalue weighted by molar-refractivity contribution is 7.89. The first kappa shape index (κ1) is 14.5. The molecule has 1 fully saturated rings. The molecule has 0 bridgehead atoms. The van der Waals surface area contributed by atoms with E-state index in [9.17, 15) is 8.42 Å². The fraction of sp³-hybridized carbons (Fsp3) is 0.769. The molecule has 0 saturated heterocycles. The van der Waals surface area contributed by atoms with Crippen molar-refractivity contribution >= 4 is 10.0 Å². The highest BCUT2D eigenvalue weighted by Gasteiger charge is 2.32. The summed E-state index contributed by atoms with van der Waals surface area (Å²) in [5, 5.41) is 6.50. The van der Waals surface area contributed by atoms with Crippen molar-refractivity contribution in [2.24, 2.45) is 5.92 Å². The van der Waals surface area contributed by atoms with E-state index in [0.29, 0.717) is 10.6 Å². The predicted molar refractivity (Wildman–Crippen MR) is 74.3 cm³/mol. The molecule has 6 heteroatoms. The monoisotopic (exact) mass is 285 g/mol. The number of hydrogen-bond donors (Lipinski definition) is 1. The molecule has 1 aliphatic rings. The van der Waals surface area contributed by atoms with Crippen molar-refractivity contribution in [2.75, 3.05) is 7.05 Å². The van der Waals surface area contributed by atoms with Crippen LogP contribution in [0.1, 0.15) is 44.7 Å². The van der Waals surface area contributed by atoms with Crippen LogP contribution in [-0.4, -0.2) is 36.0 Å². The molecule has 0 aliphatic heterocycles. The molecule has 1 saturated carbocycles. The lowest BCUT2D eigenvalue weighted by Gasteiger charge is -2.33. The fourth-order valence-corrected chi connectivity index (χ4v) is 4.40. The first-order valence-electron chi connectivity index (χ1n) is 6.94. The van der Waals surface area contributed by atoms with Gasteiger partial charge >= 0.3 is 0 Å². The SMILES string of the molecule is CCC1CCC(N(C)S(=O)(=O)c2cn[nH]c2C)CC1. The Bertz CT molecular complexity index is 516. The number of nitrogens with zero attached hydrogens (tertiary/aromatic N) is 2. The van der Waals surface area contributed by atoms with E-state index in [0.717, 1.165) is 31.6 Å². The van der Waals surface area contributed by atoms with Crippen LogP contribution in [0.15, 0.2) is 11.1 Å². The topological polar surface area (TPSA) is 66.1 Å². The van der Waals surface area contributed by atoms with Crippen LogP contribution in [0.2, 0.25) is 0 Å². The summed E-state index contributed by atoms with van der Waals surface area (Å²) in [4.78, 5) is 0.299. The van der Waals surface area contributed by atoms with Crippen LogP contribution in [0, 0.1) is 12.8 Å². The summed E-state index contributed by atoms with van der Waals surface area (Å²) < 4.78 is 26.6. The first-order chi connectivity index (χ1) is 8.96. The molecule has 1 aromatic heterocycles. The summed E-state index contributed by atoms with van der Waals surface area (Å²) in [6.07, 6.45) is 6.79. The second-order valence-electron chi connectivity index (χ2n) is 5.46. The predicted octanol–water partition coefficient (Wildman–Crippen LogP) is 2.31. The van der Waals surface area contributed by atoms with Crippen LogP contribution in [0.5, 0.6) is 0 Å². The molecule has 2 rings (SSSR count). The third-order valence-corrected chi connectivity index (χ3v) is 6.37. The van der Waals surface area contributed by atoms with Crippen molar-refractivity contribution in [3.8, 4) is 0 Å². The Kier molecular flexibility index (Phi) is 4.30. The van der Waals surface area contributed by atoms with Crippen LogP contribution in [-0.2, 0) is 10.0 Å². The Labute approximate surface area is 115 Å². The molecule has 0 spiro atoms. The van der Waals surface area contributed by atoms with E-state index in [-0.39, 0.29) is 6.04 Å². The standard InChI is InChI=1S/C13H23N3O2S/c1-4-11-5-7-12(8-6-11)16(3)19(17,18)13-9-14-15-10(13)2/h9,11-12H,4-8H2,1-3H3,(H,14,15). The van der Waals surface area contributed by atoms with E-state index in [4.69, 9.17) is 0 Å².